The number of methoxy groups -OCH3 is 1. The Morgan fingerprint density at radius 1 is 1.17 bits per heavy atom. The van der Waals surface area contributed by atoms with E-state index in [9.17, 15) is 18.3 Å². The summed E-state index contributed by atoms with van der Waals surface area (Å²) in [6, 6.07) is 11.2. The molecule has 158 valence electrons. The molecule has 0 aliphatic carbocycles. The second-order valence-corrected chi connectivity index (χ2v) is 9.05. The summed E-state index contributed by atoms with van der Waals surface area (Å²) in [6.45, 7) is 4.02. The van der Waals surface area contributed by atoms with Crippen LogP contribution >= 0.6 is 11.8 Å². The van der Waals surface area contributed by atoms with Crippen LogP contribution in [0.1, 0.15) is 25.0 Å². The summed E-state index contributed by atoms with van der Waals surface area (Å²) < 4.78 is 34.5. The quantitative estimate of drug-likeness (QED) is 0.681. The van der Waals surface area contributed by atoms with Crippen LogP contribution in [0.4, 0.5) is 0 Å². The zero-order valence-electron chi connectivity index (χ0n) is 16.8. The number of amidine groups is 1. The molecule has 1 fully saturated rings. The number of hydrogen-bond donors (Lipinski definition) is 1. The lowest BCUT2D eigenvalue weighted by Crippen LogP contribution is -2.29. The van der Waals surface area contributed by atoms with Gasteiger partial charge in [-0.15, -0.1) is 4.40 Å². The van der Waals surface area contributed by atoms with Gasteiger partial charge in [0.15, 0.2) is 16.7 Å². The van der Waals surface area contributed by atoms with Crippen molar-refractivity contribution in [2.75, 3.05) is 13.7 Å². The molecule has 1 saturated heterocycles. The Kier molecular flexibility index (Phi) is 6.52. The molecule has 1 N–H and O–H groups in total. The van der Waals surface area contributed by atoms with Gasteiger partial charge in [-0.05, 0) is 66.6 Å². The third kappa shape index (κ3) is 4.52. The molecule has 1 aliphatic heterocycles. The van der Waals surface area contributed by atoms with Crippen molar-refractivity contribution in [2.24, 2.45) is 4.40 Å². The minimum atomic E-state index is -3.95. The predicted molar refractivity (Wildman–Crippen MR) is 118 cm³/mol. The van der Waals surface area contributed by atoms with Crippen LogP contribution in [0.2, 0.25) is 0 Å². The Morgan fingerprint density at radius 2 is 1.87 bits per heavy atom. The van der Waals surface area contributed by atoms with Crippen LogP contribution < -0.4 is 4.74 Å². The van der Waals surface area contributed by atoms with Crippen molar-refractivity contribution >= 4 is 38.9 Å². The highest BCUT2D eigenvalue weighted by Crippen LogP contribution is 2.35. The van der Waals surface area contributed by atoms with E-state index in [4.69, 9.17) is 4.74 Å². The molecular formula is C21H22N2O5S2. The monoisotopic (exact) mass is 446 g/mol. The molecule has 7 nitrogen and oxygen atoms in total. The first-order valence-corrected chi connectivity index (χ1v) is 11.6. The Bertz CT molecular complexity index is 1120. The maximum absolute atomic E-state index is 12.8. The number of phenols is 1. The zero-order valence-corrected chi connectivity index (χ0v) is 18.5. The molecule has 1 aliphatic rings. The first-order chi connectivity index (χ1) is 14.3. The molecular weight excluding hydrogens is 424 g/mol. The summed E-state index contributed by atoms with van der Waals surface area (Å²) in [5, 5.41) is 9.84. The largest absolute Gasteiger partial charge is 0.504 e. The SMILES string of the molecule is CCc1ccc(S(=O)(=O)/N=C2/S/C(=C\c3ccc(O)c(OC)c3)C(=O)N2CC)cc1. The average Bonchev–Trinajstić information content (AvgIpc) is 3.02. The van der Waals surface area contributed by atoms with Crippen LogP contribution in [0, 0.1) is 0 Å². The average molecular weight is 447 g/mol. The molecule has 0 bridgehead atoms. The molecule has 0 unspecified atom stereocenters. The van der Waals surface area contributed by atoms with E-state index in [0.29, 0.717) is 10.5 Å². The Hall–Kier alpha value is -2.78. The second-order valence-electron chi connectivity index (χ2n) is 6.44. The number of carbonyl (C=O) groups is 1. The van der Waals surface area contributed by atoms with Gasteiger partial charge in [0.2, 0.25) is 0 Å². The van der Waals surface area contributed by atoms with E-state index in [1.807, 2.05) is 6.92 Å². The molecule has 0 spiro atoms. The van der Waals surface area contributed by atoms with Crippen molar-refractivity contribution < 1.29 is 23.1 Å². The highest BCUT2D eigenvalue weighted by atomic mass is 32.2. The van der Waals surface area contributed by atoms with E-state index in [-0.39, 0.29) is 34.0 Å². The fourth-order valence-electron chi connectivity index (χ4n) is 2.84. The highest BCUT2D eigenvalue weighted by molar-refractivity contribution is 8.19. The van der Waals surface area contributed by atoms with Gasteiger partial charge in [0.1, 0.15) is 0 Å². The van der Waals surface area contributed by atoms with E-state index >= 15 is 0 Å². The number of amides is 1. The van der Waals surface area contributed by atoms with Gasteiger partial charge < -0.3 is 9.84 Å². The molecule has 3 rings (SSSR count). The number of ether oxygens (including phenoxy) is 1. The number of hydrogen-bond acceptors (Lipinski definition) is 6. The number of benzene rings is 2. The molecule has 9 heteroatoms. The van der Waals surface area contributed by atoms with E-state index in [1.54, 1.807) is 37.3 Å². The van der Waals surface area contributed by atoms with Crippen molar-refractivity contribution in [3.63, 3.8) is 0 Å². The topological polar surface area (TPSA) is 96.3 Å². The molecule has 1 heterocycles. The molecule has 1 amide bonds. The summed E-state index contributed by atoms with van der Waals surface area (Å²) >= 11 is 0.998. The Morgan fingerprint density at radius 3 is 2.47 bits per heavy atom. The van der Waals surface area contributed by atoms with Gasteiger partial charge in [-0.25, -0.2) is 0 Å². The van der Waals surface area contributed by atoms with Crippen LogP contribution in [-0.4, -0.2) is 43.2 Å². The van der Waals surface area contributed by atoms with Crippen LogP contribution in [0.3, 0.4) is 0 Å². The number of aromatic hydroxyl groups is 1. The minimum absolute atomic E-state index is 0.0114. The van der Waals surface area contributed by atoms with E-state index in [1.165, 1.54) is 30.2 Å². The molecule has 30 heavy (non-hydrogen) atoms. The lowest BCUT2D eigenvalue weighted by Gasteiger charge is -2.12. The van der Waals surface area contributed by atoms with Crippen LogP contribution in [-0.2, 0) is 21.2 Å². The first kappa shape index (κ1) is 21.9. The molecule has 0 radical (unpaired) electrons. The first-order valence-electron chi connectivity index (χ1n) is 9.31. The maximum Gasteiger partial charge on any atom is 0.284 e. The lowest BCUT2D eigenvalue weighted by molar-refractivity contribution is -0.122. The van der Waals surface area contributed by atoms with Gasteiger partial charge in [0.05, 0.1) is 16.9 Å². The van der Waals surface area contributed by atoms with Crippen LogP contribution in [0.15, 0.2) is 56.7 Å². The number of sulfonamides is 1. The molecule has 0 atom stereocenters. The van der Waals surface area contributed by atoms with Gasteiger partial charge in [-0.2, -0.15) is 8.42 Å². The molecule has 0 saturated carbocycles. The number of phenolic OH excluding ortho intramolecular Hbond substituents is 1. The van der Waals surface area contributed by atoms with E-state index < -0.39 is 10.0 Å². The number of rotatable bonds is 6. The van der Waals surface area contributed by atoms with Crippen molar-refractivity contribution in [1.82, 2.24) is 4.90 Å². The third-order valence-electron chi connectivity index (χ3n) is 4.53. The zero-order chi connectivity index (χ0) is 21.9. The second kappa shape index (κ2) is 8.93. The van der Waals surface area contributed by atoms with Crippen LogP contribution in [0.25, 0.3) is 6.08 Å². The molecule has 2 aromatic carbocycles. The fraction of sp³-hybridized carbons (Fsp3) is 0.238. The summed E-state index contributed by atoms with van der Waals surface area (Å²) in [7, 11) is -2.52. The fourth-order valence-corrected chi connectivity index (χ4v) is 5.09. The van der Waals surface area contributed by atoms with Gasteiger partial charge >= 0.3 is 0 Å². The van der Waals surface area contributed by atoms with Crippen LogP contribution in [0.5, 0.6) is 11.5 Å². The molecule has 2 aromatic rings. The summed E-state index contributed by atoms with van der Waals surface area (Å²) in [4.78, 5) is 14.5. The maximum atomic E-state index is 12.8. The van der Waals surface area contributed by atoms with Crippen molar-refractivity contribution in [2.45, 2.75) is 25.2 Å². The van der Waals surface area contributed by atoms with Gasteiger partial charge in [0, 0.05) is 6.54 Å². The smallest absolute Gasteiger partial charge is 0.284 e. The number of thioether (sulfide) groups is 1. The predicted octanol–water partition coefficient (Wildman–Crippen LogP) is 3.64. The normalized spacial score (nSPS) is 17.2. The summed E-state index contributed by atoms with van der Waals surface area (Å²) in [5.41, 5.74) is 1.66. The minimum Gasteiger partial charge on any atom is -0.504 e. The van der Waals surface area contributed by atoms with Crippen molar-refractivity contribution in [1.29, 1.82) is 0 Å². The van der Waals surface area contributed by atoms with Crippen molar-refractivity contribution in [3.05, 3.63) is 58.5 Å². The lowest BCUT2D eigenvalue weighted by atomic mass is 10.2. The Labute approximate surface area is 180 Å². The van der Waals surface area contributed by atoms with Gasteiger partial charge in [-0.3, -0.25) is 9.69 Å². The third-order valence-corrected chi connectivity index (χ3v) is 6.94. The summed E-state index contributed by atoms with van der Waals surface area (Å²) in [6.07, 6.45) is 2.42. The molecule has 0 aromatic heterocycles. The number of carbonyl (C=O) groups excluding carboxylic acids is 1. The number of likely N-dealkylation sites (N-methyl/N-ethyl adjacent to an activating group) is 1. The van der Waals surface area contributed by atoms with E-state index in [2.05, 4.69) is 4.40 Å². The summed E-state index contributed by atoms with van der Waals surface area (Å²) in [5.74, 6) is -0.0633. The Balaban J connectivity index is 1.95. The highest BCUT2D eigenvalue weighted by Gasteiger charge is 2.34. The van der Waals surface area contributed by atoms with Crippen molar-refractivity contribution in [3.8, 4) is 11.5 Å². The number of aryl methyl sites for hydroxylation is 1. The number of nitrogens with zero attached hydrogens (tertiary/aromatic N) is 2. The standard InChI is InChI=1S/C21H22N2O5S2/c1-4-14-6-9-16(10-7-14)30(26,27)22-21-23(5-2)20(25)19(29-21)13-15-8-11-17(24)18(12-15)28-3/h6-13,24H,4-5H2,1-3H3/b19-13-,22-21+. The van der Waals surface area contributed by atoms with Gasteiger partial charge in [0.25, 0.3) is 15.9 Å². The van der Waals surface area contributed by atoms with E-state index in [0.717, 1.165) is 23.7 Å². The van der Waals surface area contributed by atoms with Gasteiger partial charge in [-0.1, -0.05) is 25.1 Å².